The van der Waals surface area contributed by atoms with Crippen LogP contribution in [0.15, 0.2) is 42.5 Å². The standard InChI is InChI=1S/C28H37Cl2N3O4S/c1-20-9-7-10-22(17-20)19-32(21(2)28(35)31-24-11-5-4-6-12-24)27(34)13-8-16-33(38(3,36)37)26-18-23(29)14-15-25(26)30/h7,9-10,14-15,17-18,21,24H,4-6,8,11-13,16,19H2,1-3H3,(H,31,35)/t21-/m0/s1. The Balaban J connectivity index is 1.74. The lowest BCUT2D eigenvalue weighted by molar-refractivity contribution is -0.141. The van der Waals surface area contributed by atoms with Gasteiger partial charge in [-0.2, -0.15) is 0 Å². The Hall–Kier alpha value is -2.29. The molecule has 7 nitrogen and oxygen atoms in total. The molecule has 38 heavy (non-hydrogen) atoms. The largest absolute Gasteiger partial charge is 0.352 e. The van der Waals surface area contributed by atoms with E-state index in [9.17, 15) is 18.0 Å². The first kappa shape index (κ1) is 30.3. The number of anilines is 1. The Morgan fingerprint density at radius 3 is 2.45 bits per heavy atom. The minimum atomic E-state index is -3.67. The minimum absolute atomic E-state index is 0.0472. The predicted molar refractivity (Wildman–Crippen MR) is 154 cm³/mol. The quantitative estimate of drug-likeness (QED) is 0.368. The van der Waals surface area contributed by atoms with Gasteiger partial charge in [0.15, 0.2) is 0 Å². The van der Waals surface area contributed by atoms with Crippen molar-refractivity contribution in [1.29, 1.82) is 0 Å². The summed E-state index contributed by atoms with van der Waals surface area (Å²) in [7, 11) is -3.67. The Morgan fingerprint density at radius 2 is 1.79 bits per heavy atom. The topological polar surface area (TPSA) is 86.8 Å². The molecule has 1 saturated carbocycles. The fourth-order valence-electron chi connectivity index (χ4n) is 4.82. The van der Waals surface area contributed by atoms with Gasteiger partial charge in [-0.1, -0.05) is 72.3 Å². The van der Waals surface area contributed by atoms with Crippen molar-refractivity contribution in [3.05, 3.63) is 63.6 Å². The number of amides is 2. The number of nitrogens with zero attached hydrogens (tertiary/aromatic N) is 2. The maximum atomic E-state index is 13.5. The van der Waals surface area contributed by atoms with Gasteiger partial charge in [0.25, 0.3) is 0 Å². The van der Waals surface area contributed by atoms with E-state index in [0.29, 0.717) is 5.02 Å². The van der Waals surface area contributed by atoms with E-state index in [0.717, 1.165) is 43.1 Å². The molecule has 10 heteroatoms. The highest BCUT2D eigenvalue weighted by Gasteiger charge is 2.28. The van der Waals surface area contributed by atoms with Crippen molar-refractivity contribution in [2.45, 2.75) is 77.4 Å². The first-order valence-electron chi connectivity index (χ1n) is 13.0. The van der Waals surface area contributed by atoms with E-state index in [1.165, 1.54) is 16.8 Å². The van der Waals surface area contributed by atoms with Crippen LogP contribution in [-0.4, -0.2) is 50.0 Å². The van der Waals surface area contributed by atoms with E-state index in [1.54, 1.807) is 24.0 Å². The third-order valence-electron chi connectivity index (χ3n) is 6.88. The van der Waals surface area contributed by atoms with E-state index in [-0.39, 0.29) is 54.5 Å². The highest BCUT2D eigenvalue weighted by Crippen LogP contribution is 2.31. The predicted octanol–water partition coefficient (Wildman–Crippen LogP) is 5.71. The molecule has 2 aromatic rings. The van der Waals surface area contributed by atoms with E-state index in [1.807, 2.05) is 31.2 Å². The zero-order chi connectivity index (χ0) is 27.9. The molecule has 208 valence electrons. The van der Waals surface area contributed by atoms with Crippen LogP contribution < -0.4 is 9.62 Å². The SMILES string of the molecule is Cc1cccc(CN(C(=O)CCCN(c2cc(Cl)ccc2Cl)S(C)(=O)=O)[C@@H](C)C(=O)NC2CCCCC2)c1. The first-order chi connectivity index (χ1) is 18.0. The van der Waals surface area contributed by atoms with Crippen molar-refractivity contribution in [2.75, 3.05) is 17.1 Å². The van der Waals surface area contributed by atoms with Crippen molar-refractivity contribution in [1.82, 2.24) is 10.2 Å². The van der Waals surface area contributed by atoms with Crippen LogP contribution in [0.4, 0.5) is 5.69 Å². The van der Waals surface area contributed by atoms with Gasteiger partial charge in [-0.3, -0.25) is 13.9 Å². The number of carbonyl (C=O) groups excluding carboxylic acids is 2. The molecule has 1 fully saturated rings. The molecular weight excluding hydrogens is 545 g/mol. The molecule has 0 heterocycles. The normalized spacial score (nSPS) is 15.1. The molecule has 0 aromatic heterocycles. The summed E-state index contributed by atoms with van der Waals surface area (Å²) in [5, 5.41) is 3.74. The van der Waals surface area contributed by atoms with Crippen LogP contribution in [0.25, 0.3) is 0 Å². The van der Waals surface area contributed by atoms with Crippen LogP contribution in [0.1, 0.15) is 63.0 Å². The summed E-state index contributed by atoms with van der Waals surface area (Å²) < 4.78 is 26.2. The van der Waals surface area contributed by atoms with Gasteiger partial charge >= 0.3 is 0 Å². The molecule has 0 saturated heterocycles. The zero-order valence-corrected chi connectivity index (χ0v) is 24.6. The zero-order valence-electron chi connectivity index (χ0n) is 22.3. The molecule has 0 radical (unpaired) electrons. The van der Waals surface area contributed by atoms with Gasteiger partial charge < -0.3 is 10.2 Å². The fourth-order valence-corrected chi connectivity index (χ4v) is 6.22. The van der Waals surface area contributed by atoms with Crippen LogP contribution in [0, 0.1) is 6.92 Å². The summed E-state index contributed by atoms with van der Waals surface area (Å²) in [5.41, 5.74) is 2.27. The number of aryl methyl sites for hydroxylation is 1. The van der Waals surface area contributed by atoms with Gasteiger partial charge in [0.2, 0.25) is 21.8 Å². The van der Waals surface area contributed by atoms with Crippen LogP contribution >= 0.6 is 23.2 Å². The lowest BCUT2D eigenvalue weighted by Gasteiger charge is -2.31. The molecule has 0 bridgehead atoms. The summed E-state index contributed by atoms with van der Waals surface area (Å²) >= 11 is 12.3. The van der Waals surface area contributed by atoms with Gasteiger partial charge in [-0.25, -0.2) is 8.42 Å². The van der Waals surface area contributed by atoms with Crippen LogP contribution in [0.2, 0.25) is 10.0 Å². The number of benzene rings is 2. The third-order valence-corrected chi connectivity index (χ3v) is 8.62. The lowest BCUT2D eigenvalue weighted by Crippen LogP contribution is -2.50. The number of carbonyl (C=O) groups is 2. The minimum Gasteiger partial charge on any atom is -0.352 e. The van der Waals surface area contributed by atoms with E-state index in [4.69, 9.17) is 23.2 Å². The monoisotopic (exact) mass is 581 g/mol. The van der Waals surface area contributed by atoms with E-state index in [2.05, 4.69) is 5.32 Å². The molecule has 0 unspecified atom stereocenters. The second-order valence-corrected chi connectivity index (χ2v) is 12.8. The molecule has 1 atom stereocenters. The van der Waals surface area contributed by atoms with Crippen LogP contribution in [0.5, 0.6) is 0 Å². The van der Waals surface area contributed by atoms with Crippen molar-refractivity contribution < 1.29 is 18.0 Å². The van der Waals surface area contributed by atoms with Crippen molar-refractivity contribution in [2.24, 2.45) is 0 Å². The molecule has 1 aliphatic carbocycles. The molecular formula is C28H37Cl2N3O4S. The molecule has 3 rings (SSSR count). The third kappa shape index (κ3) is 8.61. The van der Waals surface area contributed by atoms with Gasteiger partial charge in [0.05, 0.1) is 17.0 Å². The molecule has 1 aliphatic rings. The number of sulfonamides is 1. The number of rotatable bonds is 11. The van der Waals surface area contributed by atoms with Gasteiger partial charge in [0, 0.05) is 30.6 Å². The van der Waals surface area contributed by atoms with Crippen molar-refractivity contribution in [3.8, 4) is 0 Å². The lowest BCUT2D eigenvalue weighted by atomic mass is 9.95. The summed E-state index contributed by atoms with van der Waals surface area (Å²) in [4.78, 5) is 28.2. The fraction of sp³-hybridized carbons (Fsp3) is 0.500. The molecule has 1 N–H and O–H groups in total. The number of hydrogen-bond donors (Lipinski definition) is 1. The highest BCUT2D eigenvalue weighted by molar-refractivity contribution is 7.92. The summed E-state index contributed by atoms with van der Waals surface area (Å²) in [6.07, 6.45) is 6.69. The Kier molecular flexibility index (Phi) is 10.9. The number of halogens is 2. The first-order valence-corrected chi connectivity index (χ1v) is 15.6. The summed E-state index contributed by atoms with van der Waals surface area (Å²) in [6.45, 7) is 4.07. The maximum Gasteiger partial charge on any atom is 0.242 e. The molecule has 2 amide bonds. The second kappa shape index (κ2) is 13.7. The summed E-state index contributed by atoms with van der Waals surface area (Å²) in [6, 6.07) is 11.9. The van der Waals surface area contributed by atoms with Gasteiger partial charge in [0.1, 0.15) is 6.04 Å². The molecule has 0 spiro atoms. The maximum absolute atomic E-state index is 13.5. The molecule has 0 aliphatic heterocycles. The van der Waals surface area contributed by atoms with E-state index >= 15 is 0 Å². The average Bonchev–Trinajstić information content (AvgIpc) is 2.86. The Bertz CT molecular complexity index is 1230. The average molecular weight is 583 g/mol. The van der Waals surface area contributed by atoms with Crippen molar-refractivity contribution >= 4 is 50.7 Å². The van der Waals surface area contributed by atoms with Crippen LogP contribution in [-0.2, 0) is 26.2 Å². The van der Waals surface area contributed by atoms with Crippen molar-refractivity contribution in [3.63, 3.8) is 0 Å². The smallest absolute Gasteiger partial charge is 0.242 e. The Labute approximate surface area is 236 Å². The number of hydrogen-bond acceptors (Lipinski definition) is 4. The van der Waals surface area contributed by atoms with Gasteiger partial charge in [-0.15, -0.1) is 0 Å². The highest BCUT2D eigenvalue weighted by atomic mass is 35.5. The second-order valence-electron chi connectivity index (χ2n) is 10.1. The molecule has 2 aromatic carbocycles. The van der Waals surface area contributed by atoms with Crippen LogP contribution in [0.3, 0.4) is 0 Å². The number of nitrogens with one attached hydrogen (secondary N) is 1. The van der Waals surface area contributed by atoms with E-state index < -0.39 is 16.1 Å². The Morgan fingerprint density at radius 1 is 1.08 bits per heavy atom. The summed E-state index contributed by atoms with van der Waals surface area (Å²) in [5.74, 6) is -0.384. The van der Waals surface area contributed by atoms with Gasteiger partial charge in [-0.05, 0) is 56.9 Å².